The van der Waals surface area contributed by atoms with Crippen molar-refractivity contribution in [2.24, 2.45) is 0 Å². The van der Waals surface area contributed by atoms with Crippen LogP contribution in [0.2, 0.25) is 0 Å². The van der Waals surface area contributed by atoms with Gasteiger partial charge >= 0.3 is 0 Å². The number of hydrogen-bond acceptors (Lipinski definition) is 1. The van der Waals surface area contributed by atoms with E-state index in [4.69, 9.17) is 4.74 Å². The molecule has 0 saturated heterocycles. The van der Waals surface area contributed by atoms with Crippen LogP contribution in [-0.2, 0) is 4.74 Å². The van der Waals surface area contributed by atoms with E-state index in [0.717, 1.165) is 6.42 Å². The van der Waals surface area contributed by atoms with Crippen LogP contribution in [0.3, 0.4) is 0 Å². The third kappa shape index (κ3) is 4.22. The molecule has 1 nitrogen and oxygen atoms in total. The molecule has 1 atom stereocenters. The molecule has 0 aliphatic rings. The van der Waals surface area contributed by atoms with Gasteiger partial charge in [0.1, 0.15) is 0 Å². The first kappa shape index (κ1) is 8.70. The van der Waals surface area contributed by atoms with Crippen molar-refractivity contribution in [3.05, 3.63) is 12.2 Å². The summed E-state index contributed by atoms with van der Waals surface area (Å²) in [5, 5.41) is 0. The van der Waals surface area contributed by atoms with Gasteiger partial charge in [0, 0.05) is 7.11 Å². The summed E-state index contributed by atoms with van der Waals surface area (Å²) in [4.78, 5) is 0. The summed E-state index contributed by atoms with van der Waals surface area (Å²) in [5.41, 5.74) is 0. The fraction of sp³-hybridized carbons (Fsp3) is 0.750. The van der Waals surface area contributed by atoms with Crippen LogP contribution in [-0.4, -0.2) is 13.2 Å². The van der Waals surface area contributed by atoms with Crippen LogP contribution in [0.4, 0.5) is 0 Å². The lowest BCUT2D eigenvalue weighted by molar-refractivity contribution is 0.133. The van der Waals surface area contributed by atoms with Crippen LogP contribution in [0.5, 0.6) is 0 Å². The molecule has 1 heteroatoms. The van der Waals surface area contributed by atoms with Crippen LogP contribution in [0, 0.1) is 0 Å². The van der Waals surface area contributed by atoms with Gasteiger partial charge in [-0.1, -0.05) is 25.5 Å². The molecule has 0 heterocycles. The maximum absolute atomic E-state index is 5.14. The van der Waals surface area contributed by atoms with E-state index in [2.05, 4.69) is 13.0 Å². The molecule has 0 aliphatic heterocycles. The standard InChI is InChI=1S/C8H16O/c1-4-6-8(9-3)7-5-2/h4,6,8H,5,7H2,1-3H3. The second kappa shape index (κ2) is 5.83. The molecule has 9 heavy (non-hydrogen) atoms. The lowest BCUT2D eigenvalue weighted by Gasteiger charge is -2.07. The van der Waals surface area contributed by atoms with Crippen molar-refractivity contribution < 1.29 is 4.74 Å². The van der Waals surface area contributed by atoms with Crippen LogP contribution in [0.1, 0.15) is 26.7 Å². The first-order chi connectivity index (χ1) is 4.35. The molecule has 0 radical (unpaired) electrons. The van der Waals surface area contributed by atoms with Gasteiger partial charge in [-0.25, -0.2) is 0 Å². The Balaban J connectivity index is 3.41. The van der Waals surface area contributed by atoms with E-state index in [9.17, 15) is 0 Å². The lowest BCUT2D eigenvalue weighted by atomic mass is 10.2. The minimum absolute atomic E-state index is 0.333. The van der Waals surface area contributed by atoms with Crippen LogP contribution in [0.25, 0.3) is 0 Å². The molecule has 0 rings (SSSR count). The molecule has 54 valence electrons. The van der Waals surface area contributed by atoms with Crippen molar-refractivity contribution in [3.63, 3.8) is 0 Å². The summed E-state index contributed by atoms with van der Waals surface area (Å²) in [6, 6.07) is 0. The molecule has 0 spiro atoms. The van der Waals surface area contributed by atoms with Crippen LogP contribution < -0.4 is 0 Å². The maximum atomic E-state index is 5.14. The maximum Gasteiger partial charge on any atom is 0.0751 e. The molecule has 1 unspecified atom stereocenters. The van der Waals surface area contributed by atoms with E-state index in [1.807, 2.05) is 13.0 Å². The van der Waals surface area contributed by atoms with Crippen molar-refractivity contribution in [2.75, 3.05) is 7.11 Å². The van der Waals surface area contributed by atoms with Gasteiger partial charge in [0.05, 0.1) is 6.10 Å². The molecule has 0 N–H and O–H groups in total. The van der Waals surface area contributed by atoms with E-state index in [0.29, 0.717) is 6.10 Å². The van der Waals surface area contributed by atoms with Crippen molar-refractivity contribution in [2.45, 2.75) is 32.8 Å². The van der Waals surface area contributed by atoms with Crippen molar-refractivity contribution in [1.82, 2.24) is 0 Å². The Hall–Kier alpha value is -0.300. The molecule has 0 fully saturated rings. The first-order valence-electron chi connectivity index (χ1n) is 3.50. The van der Waals surface area contributed by atoms with Crippen molar-refractivity contribution in [1.29, 1.82) is 0 Å². The quantitative estimate of drug-likeness (QED) is 0.528. The Bertz CT molecular complexity index is 76.6. The summed E-state index contributed by atoms with van der Waals surface area (Å²) in [6.07, 6.45) is 6.76. The molecule has 0 aromatic heterocycles. The monoisotopic (exact) mass is 128 g/mol. The molecule has 0 aromatic carbocycles. The molecule has 0 bridgehead atoms. The highest BCUT2D eigenvalue weighted by Gasteiger charge is 1.97. The summed E-state index contributed by atoms with van der Waals surface area (Å²) in [6.45, 7) is 4.18. The SMILES string of the molecule is CC=CC(CCC)OC. The fourth-order valence-corrected chi connectivity index (χ4v) is 0.792. The number of hydrogen-bond donors (Lipinski definition) is 0. The van der Waals surface area contributed by atoms with Gasteiger partial charge in [-0.05, 0) is 13.3 Å². The predicted octanol–water partition coefficient (Wildman–Crippen LogP) is 2.38. The highest BCUT2D eigenvalue weighted by Crippen LogP contribution is 2.01. The van der Waals surface area contributed by atoms with E-state index in [1.165, 1.54) is 6.42 Å². The highest BCUT2D eigenvalue weighted by molar-refractivity contribution is 4.85. The number of rotatable bonds is 4. The minimum Gasteiger partial charge on any atom is -0.377 e. The minimum atomic E-state index is 0.333. The third-order valence-electron chi connectivity index (χ3n) is 1.28. The summed E-state index contributed by atoms with van der Waals surface area (Å²) in [7, 11) is 1.75. The van der Waals surface area contributed by atoms with Gasteiger partial charge in [0.15, 0.2) is 0 Å². The van der Waals surface area contributed by atoms with Crippen LogP contribution >= 0.6 is 0 Å². The second-order valence-corrected chi connectivity index (χ2v) is 2.09. The van der Waals surface area contributed by atoms with E-state index in [1.54, 1.807) is 7.11 Å². The van der Waals surface area contributed by atoms with E-state index < -0.39 is 0 Å². The number of allylic oxidation sites excluding steroid dienone is 1. The normalized spacial score (nSPS) is 14.6. The third-order valence-corrected chi connectivity index (χ3v) is 1.28. The molecule has 0 amide bonds. The first-order valence-corrected chi connectivity index (χ1v) is 3.50. The largest absolute Gasteiger partial charge is 0.377 e. The Labute approximate surface area is 57.7 Å². The Kier molecular flexibility index (Phi) is 5.64. The number of ether oxygens (including phenoxy) is 1. The molecule has 0 aliphatic carbocycles. The molecule has 0 saturated carbocycles. The highest BCUT2D eigenvalue weighted by atomic mass is 16.5. The molecular weight excluding hydrogens is 112 g/mol. The lowest BCUT2D eigenvalue weighted by Crippen LogP contribution is -2.04. The van der Waals surface area contributed by atoms with E-state index >= 15 is 0 Å². The topological polar surface area (TPSA) is 9.23 Å². The fourth-order valence-electron chi connectivity index (χ4n) is 0.792. The summed E-state index contributed by atoms with van der Waals surface area (Å²) >= 11 is 0. The molecular formula is C8H16O. The average Bonchev–Trinajstić information content (AvgIpc) is 1.88. The zero-order chi connectivity index (χ0) is 7.11. The number of methoxy groups -OCH3 is 1. The zero-order valence-electron chi connectivity index (χ0n) is 6.55. The smallest absolute Gasteiger partial charge is 0.0751 e. The van der Waals surface area contributed by atoms with Gasteiger partial charge in [0.2, 0.25) is 0 Å². The van der Waals surface area contributed by atoms with Gasteiger partial charge in [-0.15, -0.1) is 0 Å². The van der Waals surface area contributed by atoms with Crippen molar-refractivity contribution >= 4 is 0 Å². The van der Waals surface area contributed by atoms with Gasteiger partial charge < -0.3 is 4.74 Å². The predicted molar refractivity (Wildman–Crippen MR) is 40.5 cm³/mol. The Morgan fingerprint density at radius 2 is 2.22 bits per heavy atom. The summed E-state index contributed by atoms with van der Waals surface area (Å²) in [5.74, 6) is 0. The average molecular weight is 128 g/mol. The zero-order valence-corrected chi connectivity index (χ0v) is 6.55. The Morgan fingerprint density at radius 3 is 2.56 bits per heavy atom. The second-order valence-electron chi connectivity index (χ2n) is 2.09. The van der Waals surface area contributed by atoms with Gasteiger partial charge in [-0.2, -0.15) is 0 Å². The van der Waals surface area contributed by atoms with Gasteiger partial charge in [-0.3, -0.25) is 0 Å². The van der Waals surface area contributed by atoms with E-state index in [-0.39, 0.29) is 0 Å². The van der Waals surface area contributed by atoms with Crippen molar-refractivity contribution in [3.8, 4) is 0 Å². The van der Waals surface area contributed by atoms with Crippen LogP contribution in [0.15, 0.2) is 12.2 Å². The van der Waals surface area contributed by atoms with Gasteiger partial charge in [0.25, 0.3) is 0 Å². The Morgan fingerprint density at radius 1 is 1.56 bits per heavy atom. The molecule has 0 aromatic rings. The summed E-state index contributed by atoms with van der Waals surface area (Å²) < 4.78 is 5.14.